The van der Waals surface area contributed by atoms with Gasteiger partial charge >= 0.3 is 12.1 Å². The highest BCUT2D eigenvalue weighted by molar-refractivity contribution is 5.81. The number of carboxylic acid groups (broad SMARTS) is 1. The number of benzene rings is 3. The van der Waals surface area contributed by atoms with Gasteiger partial charge in [-0.2, -0.15) is 0 Å². The van der Waals surface area contributed by atoms with Crippen LogP contribution >= 0.6 is 0 Å². The number of carbonyl (C=O) groups excluding carboxylic acids is 1. The largest absolute Gasteiger partial charge is 0.493 e. The van der Waals surface area contributed by atoms with Crippen LogP contribution in [0, 0.1) is 0 Å². The number of aromatic nitrogens is 1. The minimum atomic E-state index is -1.15. The molecular formula is C31H30N2O6. The van der Waals surface area contributed by atoms with Crippen LogP contribution in [0.25, 0.3) is 11.1 Å². The van der Waals surface area contributed by atoms with Crippen molar-refractivity contribution in [2.24, 2.45) is 0 Å². The highest BCUT2D eigenvalue weighted by Gasteiger charge is 2.30. The molecule has 3 aromatic carbocycles. The number of rotatable bonds is 11. The van der Waals surface area contributed by atoms with Crippen LogP contribution in [-0.4, -0.2) is 48.1 Å². The summed E-state index contributed by atoms with van der Waals surface area (Å²) in [4.78, 5) is 24.7. The van der Waals surface area contributed by atoms with Gasteiger partial charge in [0.1, 0.15) is 19.3 Å². The molecule has 1 aliphatic carbocycles. The lowest BCUT2D eigenvalue weighted by molar-refractivity contribution is -0.139. The van der Waals surface area contributed by atoms with Gasteiger partial charge in [-0.25, -0.2) is 9.59 Å². The number of carboxylic acids is 1. The molecule has 1 amide bonds. The summed E-state index contributed by atoms with van der Waals surface area (Å²) in [7, 11) is 1.59. The van der Waals surface area contributed by atoms with Crippen molar-refractivity contribution in [1.82, 2.24) is 9.88 Å². The lowest BCUT2D eigenvalue weighted by atomic mass is 9.98. The second-order valence-electron chi connectivity index (χ2n) is 9.26. The van der Waals surface area contributed by atoms with Crippen LogP contribution in [0.15, 0.2) is 91.1 Å². The summed E-state index contributed by atoms with van der Waals surface area (Å²) in [5.74, 6) is 0.0333. The fourth-order valence-corrected chi connectivity index (χ4v) is 5.04. The van der Waals surface area contributed by atoms with E-state index >= 15 is 0 Å². The molecule has 39 heavy (non-hydrogen) atoms. The third-order valence-electron chi connectivity index (χ3n) is 6.93. The van der Waals surface area contributed by atoms with E-state index in [4.69, 9.17) is 14.2 Å². The fourth-order valence-electron chi connectivity index (χ4n) is 5.04. The molecule has 0 aliphatic heterocycles. The quantitative estimate of drug-likeness (QED) is 0.282. The highest BCUT2D eigenvalue weighted by Crippen LogP contribution is 2.44. The predicted molar refractivity (Wildman–Crippen MR) is 146 cm³/mol. The summed E-state index contributed by atoms with van der Waals surface area (Å²) in [5, 5.41) is 12.3. The smallest absolute Gasteiger partial charge is 0.407 e. The number of methoxy groups -OCH3 is 1. The van der Waals surface area contributed by atoms with Crippen molar-refractivity contribution in [3.05, 3.63) is 108 Å². The number of para-hydroxylation sites is 2. The third-order valence-corrected chi connectivity index (χ3v) is 6.93. The van der Waals surface area contributed by atoms with Crippen LogP contribution in [0.5, 0.6) is 11.5 Å². The zero-order chi connectivity index (χ0) is 27.2. The number of nitrogens with one attached hydrogen (secondary N) is 1. The molecule has 0 spiro atoms. The second kappa shape index (κ2) is 11.8. The van der Waals surface area contributed by atoms with E-state index in [0.717, 1.165) is 27.9 Å². The molecule has 1 atom stereocenters. The Kier molecular flexibility index (Phi) is 7.82. The Morgan fingerprint density at radius 2 is 1.54 bits per heavy atom. The molecule has 5 rings (SSSR count). The van der Waals surface area contributed by atoms with Crippen molar-refractivity contribution in [3.63, 3.8) is 0 Å². The van der Waals surface area contributed by atoms with Crippen LogP contribution in [-0.2, 0) is 22.5 Å². The number of hydrogen-bond donors (Lipinski definition) is 2. The molecule has 0 radical (unpaired) electrons. The van der Waals surface area contributed by atoms with Gasteiger partial charge in [0.05, 0.1) is 13.7 Å². The Labute approximate surface area is 226 Å². The molecule has 0 saturated carbocycles. The molecule has 0 bridgehead atoms. The molecule has 200 valence electrons. The first-order valence-corrected chi connectivity index (χ1v) is 12.8. The maximum atomic E-state index is 12.7. The average molecular weight is 527 g/mol. The van der Waals surface area contributed by atoms with Gasteiger partial charge in [-0.15, -0.1) is 0 Å². The van der Waals surface area contributed by atoms with Crippen molar-refractivity contribution in [2.75, 3.05) is 20.3 Å². The predicted octanol–water partition coefficient (Wildman–Crippen LogP) is 5.11. The van der Waals surface area contributed by atoms with Gasteiger partial charge in [0.2, 0.25) is 0 Å². The number of nitrogens with zero attached hydrogens (tertiary/aromatic N) is 1. The Morgan fingerprint density at radius 1 is 0.897 bits per heavy atom. The van der Waals surface area contributed by atoms with Gasteiger partial charge in [-0.1, -0.05) is 60.7 Å². The Balaban J connectivity index is 1.18. The first-order chi connectivity index (χ1) is 19.0. The zero-order valence-electron chi connectivity index (χ0n) is 21.6. The van der Waals surface area contributed by atoms with Crippen molar-refractivity contribution in [1.29, 1.82) is 0 Å². The number of amides is 1. The van der Waals surface area contributed by atoms with E-state index in [1.807, 2.05) is 83.6 Å². The topological polar surface area (TPSA) is 99.0 Å². The number of aliphatic carboxylic acids is 1. The van der Waals surface area contributed by atoms with Crippen molar-refractivity contribution in [3.8, 4) is 22.6 Å². The molecule has 1 heterocycles. The summed E-state index contributed by atoms with van der Waals surface area (Å²) < 4.78 is 18.6. The van der Waals surface area contributed by atoms with Crippen molar-refractivity contribution < 1.29 is 28.9 Å². The first-order valence-electron chi connectivity index (χ1n) is 12.8. The summed E-state index contributed by atoms with van der Waals surface area (Å²) in [6.07, 6.45) is 1.19. The lowest BCUT2D eigenvalue weighted by Gasteiger charge is -2.18. The summed E-state index contributed by atoms with van der Waals surface area (Å²) in [5.41, 5.74) is 5.19. The molecule has 0 fully saturated rings. The fraction of sp³-hybridized carbons (Fsp3) is 0.226. The monoisotopic (exact) mass is 526 g/mol. The molecule has 4 aromatic rings. The van der Waals surface area contributed by atoms with E-state index in [1.54, 1.807) is 7.11 Å². The Hall–Kier alpha value is -4.72. The van der Waals surface area contributed by atoms with E-state index in [0.29, 0.717) is 24.7 Å². The molecule has 0 saturated heterocycles. The van der Waals surface area contributed by atoms with E-state index in [9.17, 15) is 14.7 Å². The minimum Gasteiger partial charge on any atom is -0.493 e. The van der Waals surface area contributed by atoms with Crippen LogP contribution < -0.4 is 14.8 Å². The molecule has 2 N–H and O–H groups in total. The van der Waals surface area contributed by atoms with Crippen molar-refractivity contribution in [2.45, 2.75) is 24.9 Å². The van der Waals surface area contributed by atoms with Gasteiger partial charge < -0.3 is 29.2 Å². The van der Waals surface area contributed by atoms with E-state index in [1.165, 1.54) is 0 Å². The van der Waals surface area contributed by atoms with Gasteiger partial charge in [0.15, 0.2) is 11.5 Å². The van der Waals surface area contributed by atoms with Gasteiger partial charge in [0, 0.05) is 24.2 Å². The van der Waals surface area contributed by atoms with Gasteiger partial charge in [0.25, 0.3) is 0 Å². The Morgan fingerprint density at radius 3 is 2.21 bits per heavy atom. The third kappa shape index (κ3) is 5.75. The molecule has 1 aromatic heterocycles. The molecular weight excluding hydrogens is 496 g/mol. The normalized spacial score (nSPS) is 12.7. The van der Waals surface area contributed by atoms with Crippen molar-refractivity contribution >= 4 is 12.1 Å². The van der Waals surface area contributed by atoms with Crippen LogP contribution in [0.2, 0.25) is 0 Å². The maximum Gasteiger partial charge on any atom is 0.407 e. The number of hydrogen-bond acceptors (Lipinski definition) is 5. The molecule has 1 unspecified atom stereocenters. The van der Waals surface area contributed by atoms with Gasteiger partial charge in [-0.05, 0) is 46.5 Å². The number of carbonyl (C=O) groups is 2. The minimum absolute atomic E-state index is 0.0984. The molecule has 8 nitrogen and oxygen atoms in total. The van der Waals surface area contributed by atoms with E-state index in [-0.39, 0.29) is 18.9 Å². The summed E-state index contributed by atoms with van der Waals surface area (Å²) >= 11 is 0. The number of fused-ring (bicyclic) bond motifs is 3. The first kappa shape index (κ1) is 25.9. The van der Waals surface area contributed by atoms with Crippen LogP contribution in [0.3, 0.4) is 0 Å². The highest BCUT2D eigenvalue weighted by atomic mass is 16.5. The van der Waals surface area contributed by atoms with E-state index in [2.05, 4.69) is 17.4 Å². The SMILES string of the molecule is COc1ccccc1OCCn1cccc1CC(NC(=O)OCC1c2ccccc2-c2ccccc21)C(=O)O. The average Bonchev–Trinajstić information content (AvgIpc) is 3.53. The van der Waals surface area contributed by atoms with E-state index < -0.39 is 18.1 Å². The maximum absolute atomic E-state index is 12.7. The van der Waals surface area contributed by atoms with Crippen LogP contribution in [0.1, 0.15) is 22.7 Å². The summed E-state index contributed by atoms with van der Waals surface area (Å²) in [6.45, 7) is 0.972. The number of alkyl carbamates (subject to hydrolysis) is 1. The number of ether oxygens (including phenoxy) is 3. The van der Waals surface area contributed by atoms with Crippen LogP contribution in [0.4, 0.5) is 4.79 Å². The van der Waals surface area contributed by atoms with Gasteiger partial charge in [-0.3, -0.25) is 0 Å². The lowest BCUT2D eigenvalue weighted by Crippen LogP contribution is -2.43. The molecule has 1 aliphatic rings. The standard InChI is InChI=1S/C31H30N2O6/c1-37-28-14-6-7-15-29(28)38-18-17-33-16-8-9-21(33)19-27(30(34)35)32-31(36)39-20-26-24-12-4-2-10-22(24)23-11-3-5-13-25(23)26/h2-16,26-27H,17-20H2,1H3,(H,32,36)(H,34,35). The zero-order valence-corrected chi connectivity index (χ0v) is 21.6. The Bertz CT molecular complexity index is 1420. The second-order valence-corrected chi connectivity index (χ2v) is 9.26. The molecule has 8 heteroatoms. The summed E-state index contributed by atoms with van der Waals surface area (Å²) in [6, 6.07) is 26.0.